The molecule has 1 aliphatic rings. The van der Waals surface area contributed by atoms with Gasteiger partial charge in [0.05, 0.1) is 18.3 Å². The minimum Gasteiger partial charge on any atom is -0.480 e. The van der Waals surface area contributed by atoms with E-state index in [0.717, 1.165) is 11.4 Å². The lowest BCUT2D eigenvalue weighted by Crippen LogP contribution is -2.46. The van der Waals surface area contributed by atoms with Crippen molar-refractivity contribution in [1.29, 1.82) is 0 Å². The molecule has 2 unspecified atom stereocenters. The number of aromatic nitrogens is 1. The second kappa shape index (κ2) is 6.09. The summed E-state index contributed by atoms with van der Waals surface area (Å²) in [5, 5.41) is 18.7. The number of aliphatic carboxylic acids is 1. The van der Waals surface area contributed by atoms with Crippen molar-refractivity contribution in [3.05, 3.63) is 29.6 Å². The Labute approximate surface area is 122 Å². The van der Waals surface area contributed by atoms with Gasteiger partial charge in [0.2, 0.25) is 0 Å². The molecule has 0 saturated carbocycles. The van der Waals surface area contributed by atoms with Crippen LogP contribution < -0.4 is 0 Å². The Morgan fingerprint density at radius 1 is 1.48 bits per heavy atom. The average molecular weight is 293 g/mol. The standard InChI is InChI=1S/C14H19N3O4/c1-9-4-3-5-10(15-9)7-16(2)14(21)17-8-11(18)6-12(17)13(19)20/h3-5,11-12,18H,6-8H2,1-2H3,(H,19,20). The highest BCUT2D eigenvalue weighted by molar-refractivity contribution is 5.83. The summed E-state index contributed by atoms with van der Waals surface area (Å²) in [7, 11) is 1.59. The van der Waals surface area contributed by atoms with Crippen LogP contribution in [0.5, 0.6) is 0 Å². The predicted molar refractivity (Wildman–Crippen MR) is 74.6 cm³/mol. The second-order valence-corrected chi connectivity index (χ2v) is 5.30. The van der Waals surface area contributed by atoms with Crippen molar-refractivity contribution in [3.63, 3.8) is 0 Å². The number of carboxylic acids is 1. The van der Waals surface area contributed by atoms with Crippen LogP contribution in [-0.4, -0.2) is 62.7 Å². The molecule has 1 aromatic heterocycles. The van der Waals surface area contributed by atoms with E-state index in [1.165, 1.54) is 9.80 Å². The maximum absolute atomic E-state index is 12.3. The Morgan fingerprint density at radius 2 is 2.19 bits per heavy atom. The van der Waals surface area contributed by atoms with E-state index in [4.69, 9.17) is 5.11 Å². The molecule has 7 nitrogen and oxygen atoms in total. The summed E-state index contributed by atoms with van der Waals surface area (Å²) in [5.74, 6) is -1.10. The van der Waals surface area contributed by atoms with Crippen molar-refractivity contribution in [3.8, 4) is 0 Å². The molecule has 0 radical (unpaired) electrons. The summed E-state index contributed by atoms with van der Waals surface area (Å²) in [6.07, 6.45) is -0.724. The van der Waals surface area contributed by atoms with Crippen LogP contribution in [0, 0.1) is 6.92 Å². The number of pyridine rings is 1. The molecule has 2 rings (SSSR count). The first-order chi connectivity index (χ1) is 9.88. The van der Waals surface area contributed by atoms with Crippen molar-refractivity contribution in [2.24, 2.45) is 0 Å². The van der Waals surface area contributed by atoms with E-state index in [1.54, 1.807) is 7.05 Å². The number of carbonyl (C=O) groups is 2. The number of hydrogen-bond acceptors (Lipinski definition) is 4. The minimum atomic E-state index is -1.10. The molecule has 0 aromatic carbocycles. The molecule has 0 aliphatic carbocycles. The first-order valence-corrected chi connectivity index (χ1v) is 6.73. The van der Waals surface area contributed by atoms with Gasteiger partial charge in [-0.3, -0.25) is 4.98 Å². The van der Waals surface area contributed by atoms with Gasteiger partial charge >= 0.3 is 12.0 Å². The summed E-state index contributed by atoms with van der Waals surface area (Å²) in [6.45, 7) is 2.20. The third kappa shape index (κ3) is 3.49. The number of β-amino-alcohol motifs (C(OH)–C–C–N with tert-alkyl or cyclic N) is 1. The van der Waals surface area contributed by atoms with Gasteiger partial charge in [-0.15, -0.1) is 0 Å². The van der Waals surface area contributed by atoms with Crippen molar-refractivity contribution >= 4 is 12.0 Å². The van der Waals surface area contributed by atoms with Crippen LogP contribution in [0.3, 0.4) is 0 Å². The van der Waals surface area contributed by atoms with Gasteiger partial charge in [0.25, 0.3) is 0 Å². The molecule has 1 aliphatic heterocycles. The number of hydrogen-bond donors (Lipinski definition) is 2. The van der Waals surface area contributed by atoms with Gasteiger partial charge in [-0.25, -0.2) is 9.59 Å². The normalized spacial score (nSPS) is 21.4. The van der Waals surface area contributed by atoms with Crippen LogP contribution in [0.2, 0.25) is 0 Å². The zero-order chi connectivity index (χ0) is 15.6. The lowest BCUT2D eigenvalue weighted by molar-refractivity contribution is -0.141. The molecule has 1 saturated heterocycles. The third-order valence-corrected chi connectivity index (χ3v) is 3.48. The lowest BCUT2D eigenvalue weighted by atomic mass is 10.2. The van der Waals surface area contributed by atoms with Gasteiger partial charge < -0.3 is 20.0 Å². The van der Waals surface area contributed by atoms with E-state index >= 15 is 0 Å². The first kappa shape index (κ1) is 15.2. The number of aryl methyl sites for hydroxylation is 1. The van der Waals surface area contributed by atoms with E-state index in [1.807, 2.05) is 25.1 Å². The summed E-state index contributed by atoms with van der Waals surface area (Å²) in [5.41, 5.74) is 1.59. The molecule has 21 heavy (non-hydrogen) atoms. The van der Waals surface area contributed by atoms with Gasteiger partial charge in [-0.2, -0.15) is 0 Å². The molecule has 114 valence electrons. The van der Waals surface area contributed by atoms with Gasteiger partial charge in [-0.1, -0.05) is 6.07 Å². The van der Waals surface area contributed by atoms with Gasteiger partial charge in [0.1, 0.15) is 6.04 Å². The molecule has 0 spiro atoms. The molecule has 2 amide bonds. The van der Waals surface area contributed by atoms with E-state index in [2.05, 4.69) is 4.98 Å². The maximum atomic E-state index is 12.3. The molecule has 0 bridgehead atoms. The van der Waals surface area contributed by atoms with Gasteiger partial charge in [0.15, 0.2) is 0 Å². The third-order valence-electron chi connectivity index (χ3n) is 3.48. The Bertz CT molecular complexity index is 549. The number of carbonyl (C=O) groups excluding carboxylic acids is 1. The highest BCUT2D eigenvalue weighted by Gasteiger charge is 2.40. The van der Waals surface area contributed by atoms with Crippen molar-refractivity contribution in [2.75, 3.05) is 13.6 Å². The molecule has 2 atom stereocenters. The highest BCUT2D eigenvalue weighted by Crippen LogP contribution is 2.20. The van der Waals surface area contributed by atoms with Gasteiger partial charge in [0, 0.05) is 25.7 Å². The van der Waals surface area contributed by atoms with Crippen molar-refractivity contribution in [1.82, 2.24) is 14.8 Å². The minimum absolute atomic E-state index is 0.0430. The molecular weight excluding hydrogens is 274 g/mol. The largest absolute Gasteiger partial charge is 0.480 e. The number of nitrogens with zero attached hydrogens (tertiary/aromatic N) is 3. The van der Waals surface area contributed by atoms with E-state index in [0.29, 0.717) is 6.54 Å². The summed E-state index contributed by atoms with van der Waals surface area (Å²) in [4.78, 5) is 30.4. The zero-order valence-electron chi connectivity index (χ0n) is 12.1. The van der Waals surface area contributed by atoms with Crippen LogP contribution in [0.1, 0.15) is 17.8 Å². The lowest BCUT2D eigenvalue weighted by Gasteiger charge is -2.27. The average Bonchev–Trinajstić information content (AvgIpc) is 2.80. The predicted octanol–water partition coefficient (Wildman–Crippen LogP) is 0.462. The van der Waals surface area contributed by atoms with Crippen molar-refractivity contribution in [2.45, 2.75) is 32.0 Å². The van der Waals surface area contributed by atoms with Crippen molar-refractivity contribution < 1.29 is 19.8 Å². The number of urea groups is 1. The Kier molecular flexibility index (Phi) is 4.42. The van der Waals surface area contributed by atoms with Crippen LogP contribution in [-0.2, 0) is 11.3 Å². The molecule has 2 heterocycles. The van der Waals surface area contributed by atoms with E-state index in [-0.39, 0.29) is 13.0 Å². The number of likely N-dealkylation sites (tertiary alicyclic amines) is 1. The Hall–Kier alpha value is -2.15. The van der Waals surface area contributed by atoms with Crippen LogP contribution in [0.4, 0.5) is 4.79 Å². The fourth-order valence-corrected chi connectivity index (χ4v) is 2.48. The molecule has 7 heteroatoms. The fourth-order valence-electron chi connectivity index (χ4n) is 2.48. The van der Waals surface area contributed by atoms with Crippen LogP contribution in [0.25, 0.3) is 0 Å². The zero-order valence-corrected chi connectivity index (χ0v) is 12.1. The maximum Gasteiger partial charge on any atom is 0.326 e. The first-order valence-electron chi connectivity index (χ1n) is 6.73. The highest BCUT2D eigenvalue weighted by atomic mass is 16.4. The van der Waals surface area contributed by atoms with Crippen LogP contribution >= 0.6 is 0 Å². The smallest absolute Gasteiger partial charge is 0.326 e. The summed E-state index contributed by atoms with van der Waals surface area (Å²) < 4.78 is 0. The monoisotopic (exact) mass is 293 g/mol. The number of rotatable bonds is 3. The Morgan fingerprint density at radius 3 is 2.81 bits per heavy atom. The molecule has 1 fully saturated rings. The number of amides is 2. The number of carboxylic acid groups (broad SMARTS) is 1. The number of aliphatic hydroxyl groups is 1. The number of aliphatic hydroxyl groups excluding tert-OH is 1. The Balaban J connectivity index is 2.06. The van der Waals surface area contributed by atoms with E-state index < -0.39 is 24.1 Å². The fraction of sp³-hybridized carbons (Fsp3) is 0.500. The van der Waals surface area contributed by atoms with E-state index in [9.17, 15) is 14.7 Å². The summed E-state index contributed by atoms with van der Waals surface area (Å²) in [6, 6.07) is 4.14. The SMILES string of the molecule is Cc1cccc(CN(C)C(=O)N2CC(O)CC2C(=O)O)n1. The van der Waals surface area contributed by atoms with Crippen LogP contribution in [0.15, 0.2) is 18.2 Å². The molecule has 1 aromatic rings. The topological polar surface area (TPSA) is 94.0 Å². The second-order valence-electron chi connectivity index (χ2n) is 5.30. The summed E-state index contributed by atoms with van der Waals surface area (Å²) >= 11 is 0. The van der Waals surface area contributed by atoms with Gasteiger partial charge in [-0.05, 0) is 19.1 Å². The quantitative estimate of drug-likeness (QED) is 0.844. The molecule has 2 N–H and O–H groups in total. The molecular formula is C14H19N3O4.